The first kappa shape index (κ1) is 24.4. The second-order valence-corrected chi connectivity index (χ2v) is 7.72. The highest BCUT2D eigenvalue weighted by Gasteiger charge is 2.13. The van der Waals surface area contributed by atoms with E-state index in [4.69, 9.17) is 28.1 Å². The number of hydrogen-bond donors (Lipinski definition) is 0. The summed E-state index contributed by atoms with van der Waals surface area (Å²) in [7, 11) is 4.53. The van der Waals surface area contributed by atoms with Gasteiger partial charge in [0.2, 0.25) is 16.9 Å². The van der Waals surface area contributed by atoms with E-state index in [1.54, 1.807) is 24.3 Å². The van der Waals surface area contributed by atoms with E-state index in [-0.39, 0.29) is 22.5 Å². The number of benzene rings is 3. The zero-order chi connectivity index (χ0) is 25.7. The number of hydrogen-bond acceptors (Lipinski definition) is 8. The molecule has 0 bridgehead atoms. The Labute approximate surface area is 207 Å². The molecule has 3 aromatic carbocycles. The average Bonchev–Trinajstić information content (AvgIpc) is 2.88. The van der Waals surface area contributed by atoms with Crippen molar-refractivity contribution in [2.75, 3.05) is 21.3 Å². The van der Waals surface area contributed by atoms with E-state index in [1.165, 1.54) is 51.9 Å². The number of rotatable bonds is 8. The third-order valence-corrected chi connectivity index (χ3v) is 5.25. The summed E-state index contributed by atoms with van der Waals surface area (Å²) in [6, 6.07) is 15.2. The predicted molar refractivity (Wildman–Crippen MR) is 135 cm³/mol. The Bertz CT molecular complexity index is 1470. The Hall–Kier alpha value is -4.72. The first-order valence-electron chi connectivity index (χ1n) is 10.9. The highest BCUT2D eigenvalue weighted by atomic mass is 16.5. The monoisotopic (exact) mass is 488 g/mol. The van der Waals surface area contributed by atoms with Crippen molar-refractivity contribution < 1.29 is 32.9 Å². The van der Waals surface area contributed by atoms with Crippen LogP contribution in [0.2, 0.25) is 0 Å². The summed E-state index contributed by atoms with van der Waals surface area (Å²) in [5.41, 5.74) is 1.57. The van der Waals surface area contributed by atoms with E-state index >= 15 is 0 Å². The minimum Gasteiger partial charge on any atom is -0.493 e. The van der Waals surface area contributed by atoms with E-state index in [2.05, 4.69) is 0 Å². The molecule has 0 aliphatic heterocycles. The van der Waals surface area contributed by atoms with Crippen molar-refractivity contribution in [1.29, 1.82) is 0 Å². The zero-order valence-electron chi connectivity index (χ0n) is 20.2. The fourth-order valence-corrected chi connectivity index (χ4v) is 3.54. The molecule has 8 heteroatoms. The minimum absolute atomic E-state index is 0.0612. The summed E-state index contributed by atoms with van der Waals surface area (Å²) in [5.74, 6) is 1.56. The Morgan fingerprint density at radius 3 is 2.28 bits per heavy atom. The zero-order valence-corrected chi connectivity index (χ0v) is 20.2. The predicted octanol–water partition coefficient (Wildman–Crippen LogP) is 5.54. The van der Waals surface area contributed by atoms with Gasteiger partial charge in [0.25, 0.3) is 0 Å². The second-order valence-electron chi connectivity index (χ2n) is 7.72. The fourth-order valence-electron chi connectivity index (χ4n) is 3.54. The van der Waals surface area contributed by atoms with Gasteiger partial charge in [-0.2, -0.15) is 0 Å². The summed E-state index contributed by atoms with van der Waals surface area (Å²) in [4.78, 5) is 25.2. The first-order valence-corrected chi connectivity index (χ1v) is 10.9. The number of carbonyl (C=O) groups excluding carboxylic acids is 1. The maximum atomic E-state index is 12.8. The van der Waals surface area contributed by atoms with E-state index in [0.29, 0.717) is 33.9 Å². The molecule has 0 fully saturated rings. The van der Waals surface area contributed by atoms with Crippen LogP contribution in [0.5, 0.6) is 34.5 Å². The summed E-state index contributed by atoms with van der Waals surface area (Å²) >= 11 is 0. The van der Waals surface area contributed by atoms with E-state index in [1.807, 2.05) is 25.1 Å². The molecule has 0 amide bonds. The molecule has 36 heavy (non-hydrogen) atoms. The van der Waals surface area contributed by atoms with Crippen LogP contribution in [-0.2, 0) is 4.79 Å². The van der Waals surface area contributed by atoms with Crippen molar-refractivity contribution in [2.45, 2.75) is 6.92 Å². The van der Waals surface area contributed by atoms with Crippen molar-refractivity contribution in [3.63, 3.8) is 0 Å². The molecular formula is C28H24O8. The summed E-state index contributed by atoms with van der Waals surface area (Å²) in [6.45, 7) is 1.93. The van der Waals surface area contributed by atoms with Gasteiger partial charge in [0.05, 0.1) is 26.7 Å². The highest BCUT2D eigenvalue weighted by Crippen LogP contribution is 2.38. The van der Waals surface area contributed by atoms with Gasteiger partial charge in [-0.05, 0) is 60.5 Å². The highest BCUT2D eigenvalue weighted by molar-refractivity contribution is 5.89. The lowest BCUT2D eigenvalue weighted by atomic mass is 10.1. The number of ether oxygens (including phenoxy) is 5. The van der Waals surface area contributed by atoms with Crippen LogP contribution in [-0.4, -0.2) is 27.3 Å². The fraction of sp³-hybridized carbons (Fsp3) is 0.143. The van der Waals surface area contributed by atoms with Gasteiger partial charge in [0, 0.05) is 12.1 Å². The molecule has 0 spiro atoms. The molecule has 0 atom stereocenters. The molecule has 0 N–H and O–H groups in total. The van der Waals surface area contributed by atoms with Crippen LogP contribution in [0.3, 0.4) is 0 Å². The number of carbonyl (C=O) groups is 1. The van der Waals surface area contributed by atoms with Crippen molar-refractivity contribution in [1.82, 2.24) is 0 Å². The van der Waals surface area contributed by atoms with E-state index < -0.39 is 5.97 Å². The lowest BCUT2D eigenvalue weighted by molar-refractivity contribution is -0.128. The number of methoxy groups -OCH3 is 3. The molecule has 0 saturated heterocycles. The quantitative estimate of drug-likeness (QED) is 0.181. The van der Waals surface area contributed by atoms with Crippen molar-refractivity contribution in [3.05, 3.63) is 88.3 Å². The molecule has 4 aromatic rings. The van der Waals surface area contributed by atoms with Gasteiger partial charge in [0.15, 0.2) is 11.5 Å². The largest absolute Gasteiger partial charge is 0.493 e. The van der Waals surface area contributed by atoms with Crippen molar-refractivity contribution in [2.24, 2.45) is 0 Å². The Morgan fingerprint density at radius 2 is 1.61 bits per heavy atom. The van der Waals surface area contributed by atoms with Gasteiger partial charge in [-0.25, -0.2) is 4.79 Å². The second kappa shape index (κ2) is 10.7. The molecule has 1 aromatic heterocycles. The normalized spacial score (nSPS) is 10.9. The molecule has 184 valence electrons. The molecule has 0 aliphatic rings. The topological polar surface area (TPSA) is 93.4 Å². The third-order valence-electron chi connectivity index (χ3n) is 5.25. The summed E-state index contributed by atoms with van der Waals surface area (Å²) in [6.07, 6.45) is 4.06. The Balaban J connectivity index is 1.51. The maximum absolute atomic E-state index is 12.8. The molecule has 8 nitrogen and oxygen atoms in total. The van der Waals surface area contributed by atoms with Crippen LogP contribution in [0, 0.1) is 6.92 Å². The van der Waals surface area contributed by atoms with Gasteiger partial charge in [-0.15, -0.1) is 0 Å². The molecule has 0 saturated carbocycles. The molecule has 0 aliphatic carbocycles. The minimum atomic E-state index is -0.621. The number of fused-ring (bicyclic) bond motifs is 1. The van der Waals surface area contributed by atoms with Crippen LogP contribution < -0.4 is 29.1 Å². The van der Waals surface area contributed by atoms with Gasteiger partial charge < -0.3 is 28.1 Å². The van der Waals surface area contributed by atoms with Crippen LogP contribution >= 0.6 is 0 Å². The van der Waals surface area contributed by atoms with Gasteiger partial charge >= 0.3 is 5.97 Å². The maximum Gasteiger partial charge on any atom is 0.336 e. The first-order chi connectivity index (χ1) is 17.4. The third kappa shape index (κ3) is 5.33. The summed E-state index contributed by atoms with van der Waals surface area (Å²) in [5, 5.41) is 0.299. The van der Waals surface area contributed by atoms with Crippen LogP contribution in [0.15, 0.2) is 76.1 Å². The number of esters is 1. The lowest BCUT2D eigenvalue weighted by Gasteiger charge is -2.12. The number of aryl methyl sites for hydroxylation is 1. The van der Waals surface area contributed by atoms with Gasteiger partial charge in [-0.1, -0.05) is 12.1 Å². The van der Waals surface area contributed by atoms with E-state index in [0.717, 1.165) is 5.56 Å². The van der Waals surface area contributed by atoms with Crippen LogP contribution in [0.25, 0.3) is 17.0 Å². The SMILES string of the molecule is COc1cc(/C=C/C(=O)Oc2ccc3c(=O)c(Oc4cccc(C)c4)coc3c2)cc(OC)c1OC. The molecule has 4 rings (SSSR count). The Kier molecular flexibility index (Phi) is 7.25. The molecule has 0 radical (unpaired) electrons. The summed E-state index contributed by atoms with van der Waals surface area (Å²) < 4.78 is 32.6. The Morgan fingerprint density at radius 1 is 0.861 bits per heavy atom. The molecule has 1 heterocycles. The lowest BCUT2D eigenvalue weighted by Crippen LogP contribution is -2.06. The van der Waals surface area contributed by atoms with Gasteiger partial charge in [-0.3, -0.25) is 4.79 Å². The average molecular weight is 488 g/mol. The standard InChI is InChI=1S/C28H24O8/c1-17-6-5-7-19(12-17)35-25-16-34-22-15-20(9-10-21(22)27(25)30)36-26(29)11-8-18-13-23(31-2)28(33-4)24(14-18)32-3/h5-16H,1-4H3/b11-8+. The molecule has 0 unspecified atom stereocenters. The van der Waals surface area contributed by atoms with Crippen LogP contribution in [0.4, 0.5) is 0 Å². The van der Waals surface area contributed by atoms with Gasteiger partial charge in [0.1, 0.15) is 23.3 Å². The van der Waals surface area contributed by atoms with Crippen LogP contribution in [0.1, 0.15) is 11.1 Å². The van der Waals surface area contributed by atoms with E-state index in [9.17, 15) is 9.59 Å². The van der Waals surface area contributed by atoms with Crippen molar-refractivity contribution >= 4 is 23.0 Å². The smallest absolute Gasteiger partial charge is 0.336 e. The van der Waals surface area contributed by atoms with Crippen molar-refractivity contribution in [3.8, 4) is 34.5 Å². The molecular weight excluding hydrogens is 464 g/mol.